The summed E-state index contributed by atoms with van der Waals surface area (Å²) in [5.74, 6) is 0.930. The maximum absolute atomic E-state index is 11.9. The molecule has 142 valence electrons. The number of rotatable bonds is 4. The van der Waals surface area contributed by atoms with Crippen LogP contribution in [0.2, 0.25) is 0 Å². The highest BCUT2D eigenvalue weighted by Gasteiger charge is 2.24. The van der Waals surface area contributed by atoms with Crippen molar-refractivity contribution in [3.8, 4) is 5.75 Å². The van der Waals surface area contributed by atoms with Gasteiger partial charge in [0.15, 0.2) is 0 Å². The molecular formula is C19H26N2O3S2. The molecule has 1 N–H and O–H groups in total. The molecule has 0 unspecified atom stereocenters. The topological polar surface area (TPSA) is 50.8 Å². The van der Waals surface area contributed by atoms with Crippen LogP contribution in [-0.2, 0) is 4.74 Å². The summed E-state index contributed by atoms with van der Waals surface area (Å²) in [6, 6.07) is 6.37. The second-order valence-corrected chi connectivity index (χ2v) is 9.40. The van der Waals surface area contributed by atoms with E-state index in [9.17, 15) is 4.79 Å². The van der Waals surface area contributed by atoms with Gasteiger partial charge in [0, 0.05) is 34.8 Å². The largest absolute Gasteiger partial charge is 0.495 e. The van der Waals surface area contributed by atoms with E-state index in [2.05, 4.69) is 21.1 Å². The van der Waals surface area contributed by atoms with Crippen molar-refractivity contribution < 1.29 is 14.3 Å². The molecular weight excluding hydrogens is 368 g/mol. The first-order valence-corrected chi connectivity index (χ1v) is 10.5. The Morgan fingerprint density at radius 1 is 1.31 bits per heavy atom. The molecule has 2 aromatic rings. The Morgan fingerprint density at radius 3 is 2.69 bits per heavy atom. The molecule has 0 radical (unpaired) electrons. The second-order valence-electron chi connectivity index (χ2n) is 7.38. The molecule has 0 saturated carbocycles. The van der Waals surface area contributed by atoms with Crippen molar-refractivity contribution in [2.45, 2.75) is 50.2 Å². The summed E-state index contributed by atoms with van der Waals surface area (Å²) >= 11 is 3.52. The maximum atomic E-state index is 11.9. The standard InChI is InChI=1S/C19H26N2O3S2/c1-19(2,3)24-18(22)20-13-8-10-21(11-9-13)26-16-12-25-17-14(16)6-5-7-15(17)23-4/h5-7,12-13H,8-11H2,1-4H3,(H,20,22). The first kappa shape index (κ1) is 19.3. The fraction of sp³-hybridized carbons (Fsp3) is 0.526. The van der Waals surface area contributed by atoms with Crippen LogP contribution >= 0.6 is 23.3 Å². The van der Waals surface area contributed by atoms with Crippen LogP contribution in [0.15, 0.2) is 28.5 Å². The average molecular weight is 395 g/mol. The number of hydrogen-bond donors (Lipinski definition) is 1. The molecule has 1 aliphatic heterocycles. The summed E-state index contributed by atoms with van der Waals surface area (Å²) in [6.07, 6.45) is 1.54. The molecule has 2 heterocycles. The molecule has 26 heavy (non-hydrogen) atoms. The van der Waals surface area contributed by atoms with Crippen LogP contribution < -0.4 is 10.1 Å². The molecule has 0 spiro atoms. The van der Waals surface area contributed by atoms with Gasteiger partial charge in [-0.1, -0.05) is 12.1 Å². The Hall–Kier alpha value is -1.44. The Bertz CT molecular complexity index is 762. The van der Waals surface area contributed by atoms with Crippen LogP contribution in [-0.4, -0.2) is 42.2 Å². The summed E-state index contributed by atoms with van der Waals surface area (Å²) in [5.41, 5.74) is -0.457. The van der Waals surface area contributed by atoms with Crippen molar-refractivity contribution in [2.24, 2.45) is 0 Å². The number of nitrogens with one attached hydrogen (secondary N) is 1. The number of carbonyl (C=O) groups excluding carboxylic acids is 1. The molecule has 1 aromatic heterocycles. The number of hydrogen-bond acceptors (Lipinski definition) is 6. The van der Waals surface area contributed by atoms with Gasteiger partial charge in [-0.15, -0.1) is 11.3 Å². The third-order valence-corrected chi connectivity index (χ3v) is 6.47. The normalized spacial score (nSPS) is 16.6. The number of thiophene rings is 1. The molecule has 7 heteroatoms. The van der Waals surface area contributed by atoms with E-state index >= 15 is 0 Å². The van der Waals surface area contributed by atoms with E-state index in [1.165, 1.54) is 15.0 Å². The predicted octanol–water partition coefficient (Wildman–Crippen LogP) is 4.91. The lowest BCUT2D eigenvalue weighted by atomic mass is 10.1. The number of ether oxygens (including phenoxy) is 2. The van der Waals surface area contributed by atoms with Gasteiger partial charge in [0.2, 0.25) is 0 Å². The highest BCUT2D eigenvalue weighted by atomic mass is 32.2. The average Bonchev–Trinajstić information content (AvgIpc) is 2.98. The molecule has 0 atom stereocenters. The quantitative estimate of drug-likeness (QED) is 0.747. The molecule has 5 nitrogen and oxygen atoms in total. The lowest BCUT2D eigenvalue weighted by Crippen LogP contribution is -2.44. The number of alkyl carbamates (subject to hydrolysis) is 1. The number of carbonyl (C=O) groups is 1. The Labute approximate surface area is 163 Å². The third-order valence-electron chi connectivity index (χ3n) is 4.15. The Balaban J connectivity index is 1.54. The number of amides is 1. The second kappa shape index (κ2) is 8.06. The van der Waals surface area contributed by atoms with Crippen molar-refractivity contribution in [1.82, 2.24) is 9.62 Å². The zero-order chi connectivity index (χ0) is 18.7. The predicted molar refractivity (Wildman–Crippen MR) is 108 cm³/mol. The minimum Gasteiger partial charge on any atom is -0.495 e. The summed E-state index contributed by atoms with van der Waals surface area (Å²) in [7, 11) is 1.71. The van der Waals surface area contributed by atoms with Gasteiger partial charge in [0.05, 0.1) is 11.8 Å². The Morgan fingerprint density at radius 2 is 2.04 bits per heavy atom. The van der Waals surface area contributed by atoms with Crippen LogP contribution in [0, 0.1) is 0 Å². The molecule has 1 fully saturated rings. The lowest BCUT2D eigenvalue weighted by Gasteiger charge is -2.31. The van der Waals surface area contributed by atoms with Crippen molar-refractivity contribution >= 4 is 39.5 Å². The van der Waals surface area contributed by atoms with E-state index in [4.69, 9.17) is 9.47 Å². The van der Waals surface area contributed by atoms with Gasteiger partial charge in [-0.05, 0) is 51.6 Å². The third kappa shape index (κ3) is 4.84. The summed E-state index contributed by atoms with van der Waals surface area (Å²) in [5, 5.41) is 6.43. The van der Waals surface area contributed by atoms with Gasteiger partial charge in [-0.3, -0.25) is 0 Å². The number of benzene rings is 1. The molecule has 1 saturated heterocycles. The molecule has 0 bridgehead atoms. The summed E-state index contributed by atoms with van der Waals surface area (Å²) < 4.78 is 14.4. The van der Waals surface area contributed by atoms with E-state index in [0.717, 1.165) is 31.7 Å². The smallest absolute Gasteiger partial charge is 0.407 e. The van der Waals surface area contributed by atoms with Crippen LogP contribution in [0.3, 0.4) is 0 Å². The minimum absolute atomic E-state index is 0.181. The zero-order valence-electron chi connectivity index (χ0n) is 15.7. The maximum Gasteiger partial charge on any atom is 0.407 e. The van der Waals surface area contributed by atoms with Crippen molar-refractivity contribution in [3.63, 3.8) is 0 Å². The molecule has 1 amide bonds. The number of methoxy groups -OCH3 is 1. The minimum atomic E-state index is -0.457. The SMILES string of the molecule is COc1cccc2c(SN3CCC(NC(=O)OC(C)(C)C)CC3)csc12. The molecule has 1 aromatic carbocycles. The van der Waals surface area contributed by atoms with Gasteiger partial charge in [0.25, 0.3) is 0 Å². The van der Waals surface area contributed by atoms with Crippen LogP contribution in [0.5, 0.6) is 5.75 Å². The number of nitrogens with zero attached hydrogens (tertiary/aromatic N) is 1. The van der Waals surface area contributed by atoms with E-state index in [-0.39, 0.29) is 12.1 Å². The van der Waals surface area contributed by atoms with Gasteiger partial charge >= 0.3 is 6.09 Å². The van der Waals surface area contributed by atoms with Gasteiger partial charge in [-0.2, -0.15) is 0 Å². The van der Waals surface area contributed by atoms with E-state index < -0.39 is 5.60 Å². The first-order valence-electron chi connectivity index (χ1n) is 8.82. The zero-order valence-corrected chi connectivity index (χ0v) is 17.3. The highest BCUT2D eigenvalue weighted by Crippen LogP contribution is 2.40. The number of fused-ring (bicyclic) bond motifs is 1. The number of piperidine rings is 1. The fourth-order valence-corrected chi connectivity index (χ4v) is 5.19. The van der Waals surface area contributed by atoms with Gasteiger partial charge in [0.1, 0.15) is 11.4 Å². The van der Waals surface area contributed by atoms with Crippen molar-refractivity contribution in [2.75, 3.05) is 20.2 Å². The van der Waals surface area contributed by atoms with E-state index in [1.54, 1.807) is 30.4 Å². The first-order chi connectivity index (χ1) is 12.4. The van der Waals surface area contributed by atoms with Crippen molar-refractivity contribution in [1.29, 1.82) is 0 Å². The summed E-state index contributed by atoms with van der Waals surface area (Å²) in [6.45, 7) is 7.52. The van der Waals surface area contributed by atoms with E-state index in [1.807, 2.05) is 32.9 Å². The fourth-order valence-electron chi connectivity index (χ4n) is 2.94. The Kier molecular flexibility index (Phi) is 5.99. The van der Waals surface area contributed by atoms with Crippen LogP contribution in [0.4, 0.5) is 4.79 Å². The van der Waals surface area contributed by atoms with Gasteiger partial charge in [-0.25, -0.2) is 9.10 Å². The molecule has 1 aliphatic rings. The lowest BCUT2D eigenvalue weighted by molar-refractivity contribution is 0.0490. The molecule has 0 aliphatic carbocycles. The van der Waals surface area contributed by atoms with Gasteiger partial charge < -0.3 is 14.8 Å². The highest BCUT2D eigenvalue weighted by molar-refractivity contribution is 7.97. The molecule has 3 rings (SSSR count). The summed E-state index contributed by atoms with van der Waals surface area (Å²) in [4.78, 5) is 13.2. The van der Waals surface area contributed by atoms with Crippen LogP contribution in [0.25, 0.3) is 10.1 Å². The monoisotopic (exact) mass is 394 g/mol. The van der Waals surface area contributed by atoms with E-state index in [0.29, 0.717) is 0 Å². The van der Waals surface area contributed by atoms with Crippen LogP contribution in [0.1, 0.15) is 33.6 Å². The van der Waals surface area contributed by atoms with Crippen molar-refractivity contribution in [3.05, 3.63) is 23.6 Å².